The molecular weight excluding hydrogens is 201 g/mol. The summed E-state index contributed by atoms with van der Waals surface area (Å²) in [6.07, 6.45) is 0. The van der Waals surface area contributed by atoms with Crippen molar-refractivity contribution in [1.82, 2.24) is 0 Å². The lowest BCUT2D eigenvalue weighted by Gasteiger charge is -2.11. The van der Waals surface area contributed by atoms with Crippen molar-refractivity contribution < 1.29 is 9.50 Å². The highest BCUT2D eigenvalue weighted by atomic mass is 32.2. The van der Waals surface area contributed by atoms with E-state index in [1.165, 1.54) is 23.9 Å². The summed E-state index contributed by atoms with van der Waals surface area (Å²) in [6.45, 7) is 1.93. The molecule has 0 saturated heterocycles. The molecule has 78 valence electrons. The predicted octanol–water partition coefficient (Wildman–Crippen LogP) is 1.93. The second kappa shape index (κ2) is 5.34. The van der Waals surface area contributed by atoms with Crippen LogP contribution in [0, 0.1) is 5.82 Å². The molecular formula is C10H14FNOS. The maximum absolute atomic E-state index is 12.9. The molecule has 0 aliphatic rings. The van der Waals surface area contributed by atoms with Crippen molar-refractivity contribution in [3.05, 3.63) is 29.6 Å². The lowest BCUT2D eigenvalue weighted by molar-refractivity contribution is 0.322. The third-order valence-electron chi connectivity index (χ3n) is 1.81. The standard InChI is InChI=1S/C10H14FNOS/c1-7(12)9-6-8(11)2-3-10(9)14-5-4-13/h2-3,6-7,13H,4-5,12H2,1H3/t7-/m1/s1. The van der Waals surface area contributed by atoms with Gasteiger partial charge >= 0.3 is 0 Å². The van der Waals surface area contributed by atoms with Crippen LogP contribution in [0.4, 0.5) is 4.39 Å². The molecule has 0 amide bonds. The van der Waals surface area contributed by atoms with Gasteiger partial charge < -0.3 is 10.8 Å². The highest BCUT2D eigenvalue weighted by molar-refractivity contribution is 7.99. The van der Waals surface area contributed by atoms with E-state index >= 15 is 0 Å². The van der Waals surface area contributed by atoms with E-state index in [0.29, 0.717) is 5.75 Å². The molecule has 1 rings (SSSR count). The van der Waals surface area contributed by atoms with E-state index in [1.54, 1.807) is 6.07 Å². The summed E-state index contributed by atoms with van der Waals surface area (Å²) in [7, 11) is 0. The van der Waals surface area contributed by atoms with Crippen LogP contribution in [0.2, 0.25) is 0 Å². The Morgan fingerprint density at radius 3 is 2.86 bits per heavy atom. The van der Waals surface area contributed by atoms with Gasteiger partial charge in [-0.2, -0.15) is 0 Å². The van der Waals surface area contributed by atoms with Gasteiger partial charge in [-0.15, -0.1) is 11.8 Å². The summed E-state index contributed by atoms with van der Waals surface area (Å²) in [5.41, 5.74) is 6.51. The number of aliphatic hydroxyl groups is 1. The molecule has 0 aliphatic heterocycles. The van der Waals surface area contributed by atoms with E-state index < -0.39 is 0 Å². The second-order valence-corrected chi connectivity index (χ2v) is 4.18. The topological polar surface area (TPSA) is 46.2 Å². The lowest BCUT2D eigenvalue weighted by atomic mass is 10.1. The Morgan fingerprint density at radius 1 is 1.57 bits per heavy atom. The first kappa shape index (κ1) is 11.5. The Labute approximate surface area is 87.3 Å². The summed E-state index contributed by atoms with van der Waals surface area (Å²) in [6, 6.07) is 4.37. The van der Waals surface area contributed by atoms with E-state index in [-0.39, 0.29) is 18.5 Å². The van der Waals surface area contributed by atoms with Crippen molar-refractivity contribution in [3.63, 3.8) is 0 Å². The fraction of sp³-hybridized carbons (Fsp3) is 0.400. The number of thioether (sulfide) groups is 1. The molecule has 2 nitrogen and oxygen atoms in total. The van der Waals surface area contributed by atoms with E-state index in [0.717, 1.165) is 10.5 Å². The van der Waals surface area contributed by atoms with Gasteiger partial charge in [-0.25, -0.2) is 4.39 Å². The fourth-order valence-corrected chi connectivity index (χ4v) is 2.05. The van der Waals surface area contributed by atoms with Gasteiger partial charge in [-0.3, -0.25) is 0 Å². The summed E-state index contributed by atoms with van der Waals surface area (Å²) in [5.74, 6) is 0.330. The van der Waals surface area contributed by atoms with Gasteiger partial charge in [0.05, 0.1) is 6.61 Å². The van der Waals surface area contributed by atoms with E-state index in [9.17, 15) is 4.39 Å². The summed E-state index contributed by atoms with van der Waals surface area (Å²) < 4.78 is 12.9. The van der Waals surface area contributed by atoms with Crippen LogP contribution in [0.25, 0.3) is 0 Å². The Kier molecular flexibility index (Phi) is 4.38. The maximum atomic E-state index is 12.9. The second-order valence-electron chi connectivity index (χ2n) is 3.04. The van der Waals surface area contributed by atoms with Crippen molar-refractivity contribution in [2.24, 2.45) is 5.73 Å². The first-order valence-corrected chi connectivity index (χ1v) is 5.42. The molecule has 4 heteroatoms. The molecule has 0 saturated carbocycles. The van der Waals surface area contributed by atoms with Crippen LogP contribution in [0.5, 0.6) is 0 Å². The van der Waals surface area contributed by atoms with Crippen LogP contribution in [-0.2, 0) is 0 Å². The quantitative estimate of drug-likeness (QED) is 0.754. The van der Waals surface area contributed by atoms with Crippen LogP contribution in [0.3, 0.4) is 0 Å². The zero-order valence-electron chi connectivity index (χ0n) is 8.03. The minimum absolute atomic E-state index is 0.112. The number of rotatable bonds is 4. The fourth-order valence-electron chi connectivity index (χ4n) is 1.16. The molecule has 0 aromatic heterocycles. The zero-order valence-corrected chi connectivity index (χ0v) is 8.85. The predicted molar refractivity (Wildman–Crippen MR) is 56.8 cm³/mol. The van der Waals surface area contributed by atoms with Gasteiger partial charge in [0.15, 0.2) is 0 Å². The molecule has 0 aliphatic carbocycles. The monoisotopic (exact) mass is 215 g/mol. The number of aliphatic hydroxyl groups excluding tert-OH is 1. The van der Waals surface area contributed by atoms with Crippen LogP contribution >= 0.6 is 11.8 Å². The van der Waals surface area contributed by atoms with Gasteiger partial charge in [0.25, 0.3) is 0 Å². The molecule has 0 spiro atoms. The number of nitrogens with two attached hydrogens (primary N) is 1. The van der Waals surface area contributed by atoms with Crippen LogP contribution in [-0.4, -0.2) is 17.5 Å². The molecule has 1 aromatic rings. The molecule has 0 heterocycles. The summed E-state index contributed by atoms with van der Waals surface area (Å²) >= 11 is 1.49. The van der Waals surface area contributed by atoms with E-state index in [2.05, 4.69) is 0 Å². The van der Waals surface area contributed by atoms with Crippen LogP contribution < -0.4 is 5.73 Å². The molecule has 3 N–H and O–H groups in total. The highest BCUT2D eigenvalue weighted by Crippen LogP contribution is 2.26. The molecule has 14 heavy (non-hydrogen) atoms. The van der Waals surface area contributed by atoms with Crippen LogP contribution in [0.15, 0.2) is 23.1 Å². The lowest BCUT2D eigenvalue weighted by Crippen LogP contribution is -2.07. The largest absolute Gasteiger partial charge is 0.396 e. The molecule has 1 aromatic carbocycles. The SMILES string of the molecule is C[C@@H](N)c1cc(F)ccc1SCCO. The normalized spacial score (nSPS) is 12.9. The molecule has 0 radical (unpaired) electrons. The number of hydrogen-bond donors (Lipinski definition) is 2. The van der Waals surface area contributed by atoms with Gasteiger partial charge in [0.1, 0.15) is 5.82 Å². The number of hydrogen-bond acceptors (Lipinski definition) is 3. The van der Waals surface area contributed by atoms with Crippen molar-refractivity contribution in [1.29, 1.82) is 0 Å². The van der Waals surface area contributed by atoms with E-state index in [1.807, 2.05) is 6.92 Å². The maximum Gasteiger partial charge on any atom is 0.123 e. The molecule has 0 bridgehead atoms. The first-order chi connectivity index (χ1) is 6.65. The average molecular weight is 215 g/mol. The smallest absolute Gasteiger partial charge is 0.123 e. The minimum atomic E-state index is -0.273. The van der Waals surface area contributed by atoms with Crippen molar-refractivity contribution in [3.8, 4) is 0 Å². The highest BCUT2D eigenvalue weighted by Gasteiger charge is 2.08. The van der Waals surface area contributed by atoms with Gasteiger partial charge in [-0.1, -0.05) is 0 Å². The van der Waals surface area contributed by atoms with E-state index in [4.69, 9.17) is 10.8 Å². The van der Waals surface area contributed by atoms with Gasteiger partial charge in [0, 0.05) is 16.7 Å². The Morgan fingerprint density at radius 2 is 2.29 bits per heavy atom. The third kappa shape index (κ3) is 2.97. The summed E-state index contributed by atoms with van der Waals surface area (Å²) in [5, 5.41) is 8.69. The zero-order chi connectivity index (χ0) is 10.6. The number of halogens is 1. The molecule has 0 unspecified atom stereocenters. The summed E-state index contributed by atoms with van der Waals surface area (Å²) in [4.78, 5) is 0.940. The Balaban J connectivity index is 2.90. The molecule has 0 fully saturated rings. The Bertz CT molecular complexity index is 304. The van der Waals surface area contributed by atoms with Gasteiger partial charge in [-0.05, 0) is 30.7 Å². The molecule has 1 atom stereocenters. The average Bonchev–Trinajstić information content (AvgIpc) is 2.15. The van der Waals surface area contributed by atoms with Crippen molar-refractivity contribution >= 4 is 11.8 Å². The minimum Gasteiger partial charge on any atom is -0.396 e. The van der Waals surface area contributed by atoms with Gasteiger partial charge in [0.2, 0.25) is 0 Å². The number of benzene rings is 1. The van der Waals surface area contributed by atoms with Crippen molar-refractivity contribution in [2.45, 2.75) is 17.9 Å². The van der Waals surface area contributed by atoms with Crippen molar-refractivity contribution in [2.75, 3.05) is 12.4 Å². The Hall–Kier alpha value is -0.580. The third-order valence-corrected chi connectivity index (χ3v) is 2.88. The van der Waals surface area contributed by atoms with Crippen LogP contribution in [0.1, 0.15) is 18.5 Å². The first-order valence-electron chi connectivity index (χ1n) is 4.44.